The molecule has 2 atom stereocenters. The van der Waals surface area contributed by atoms with Gasteiger partial charge in [-0.05, 0) is 37.5 Å². The molecule has 1 aliphatic rings. The SMILES string of the molecule is COCCNC(=O)C(c1ccc(C)cc1)N(CC1CCCO1)C(=O)Cn1nnc2ccccc21. The molecule has 1 aromatic heterocycles. The van der Waals surface area contributed by atoms with Crippen molar-refractivity contribution in [2.24, 2.45) is 0 Å². The molecule has 1 fully saturated rings. The van der Waals surface area contributed by atoms with Crippen LogP contribution in [0.2, 0.25) is 0 Å². The van der Waals surface area contributed by atoms with Crippen molar-refractivity contribution < 1.29 is 19.1 Å². The number of hydrogen-bond acceptors (Lipinski definition) is 6. The number of fused-ring (bicyclic) bond motifs is 1. The summed E-state index contributed by atoms with van der Waals surface area (Å²) in [4.78, 5) is 28.8. The average molecular weight is 466 g/mol. The van der Waals surface area contributed by atoms with E-state index in [1.807, 2.05) is 55.5 Å². The van der Waals surface area contributed by atoms with Crippen molar-refractivity contribution in [2.45, 2.75) is 38.5 Å². The zero-order valence-electron chi connectivity index (χ0n) is 19.6. The highest BCUT2D eigenvalue weighted by Gasteiger charge is 2.34. The number of carbonyl (C=O) groups is 2. The van der Waals surface area contributed by atoms with Crippen LogP contribution in [0.1, 0.15) is 30.0 Å². The largest absolute Gasteiger partial charge is 0.383 e. The summed E-state index contributed by atoms with van der Waals surface area (Å²) in [6, 6.07) is 14.4. The molecule has 4 rings (SSSR count). The molecule has 9 nitrogen and oxygen atoms in total. The Balaban J connectivity index is 1.66. The van der Waals surface area contributed by atoms with Gasteiger partial charge in [-0.1, -0.05) is 47.2 Å². The van der Waals surface area contributed by atoms with Gasteiger partial charge >= 0.3 is 0 Å². The van der Waals surface area contributed by atoms with E-state index >= 15 is 0 Å². The van der Waals surface area contributed by atoms with Crippen molar-refractivity contribution in [2.75, 3.05) is 33.4 Å². The predicted molar refractivity (Wildman–Crippen MR) is 127 cm³/mol. The number of methoxy groups -OCH3 is 1. The van der Waals surface area contributed by atoms with Crippen LogP contribution in [-0.2, 0) is 25.6 Å². The van der Waals surface area contributed by atoms with Gasteiger partial charge in [0.15, 0.2) is 0 Å². The van der Waals surface area contributed by atoms with E-state index in [1.54, 1.807) is 16.7 Å². The number of para-hydroxylation sites is 1. The first kappa shape index (κ1) is 23.8. The Hall–Kier alpha value is -3.30. The van der Waals surface area contributed by atoms with E-state index in [0.29, 0.717) is 31.8 Å². The fourth-order valence-electron chi connectivity index (χ4n) is 4.21. The first-order chi connectivity index (χ1) is 16.6. The molecule has 2 heterocycles. The number of carbonyl (C=O) groups excluding carboxylic acids is 2. The minimum absolute atomic E-state index is 0.0268. The lowest BCUT2D eigenvalue weighted by atomic mass is 10.0. The maximum absolute atomic E-state index is 13.7. The summed E-state index contributed by atoms with van der Waals surface area (Å²) >= 11 is 0. The van der Waals surface area contributed by atoms with Crippen LogP contribution in [0.25, 0.3) is 11.0 Å². The molecule has 180 valence electrons. The third kappa shape index (κ3) is 5.60. The molecule has 0 radical (unpaired) electrons. The van der Waals surface area contributed by atoms with Gasteiger partial charge in [-0.25, -0.2) is 4.68 Å². The number of nitrogens with one attached hydrogen (secondary N) is 1. The van der Waals surface area contributed by atoms with Crippen molar-refractivity contribution in [3.05, 3.63) is 59.7 Å². The summed E-state index contributed by atoms with van der Waals surface area (Å²) in [5.74, 6) is -0.477. The van der Waals surface area contributed by atoms with Crippen molar-refractivity contribution in [1.82, 2.24) is 25.2 Å². The minimum Gasteiger partial charge on any atom is -0.383 e. The number of aromatic nitrogens is 3. The number of hydrogen-bond donors (Lipinski definition) is 1. The van der Waals surface area contributed by atoms with Gasteiger partial charge < -0.3 is 19.7 Å². The Labute approximate surface area is 199 Å². The van der Waals surface area contributed by atoms with Gasteiger partial charge in [-0.3, -0.25) is 9.59 Å². The quantitative estimate of drug-likeness (QED) is 0.461. The Morgan fingerprint density at radius 1 is 1.24 bits per heavy atom. The van der Waals surface area contributed by atoms with E-state index in [2.05, 4.69) is 15.6 Å². The average Bonchev–Trinajstić information content (AvgIpc) is 3.50. The predicted octanol–water partition coefficient (Wildman–Crippen LogP) is 2.25. The van der Waals surface area contributed by atoms with E-state index in [9.17, 15) is 9.59 Å². The zero-order valence-corrected chi connectivity index (χ0v) is 19.6. The molecule has 1 aliphatic heterocycles. The maximum Gasteiger partial charge on any atom is 0.247 e. The van der Waals surface area contributed by atoms with E-state index in [0.717, 1.165) is 29.5 Å². The van der Waals surface area contributed by atoms with Gasteiger partial charge in [0.05, 0.1) is 18.2 Å². The molecule has 1 N–H and O–H groups in total. The van der Waals surface area contributed by atoms with Crippen molar-refractivity contribution in [1.29, 1.82) is 0 Å². The zero-order chi connectivity index (χ0) is 23.9. The summed E-state index contributed by atoms with van der Waals surface area (Å²) in [6.45, 7) is 3.69. The number of rotatable bonds is 10. The number of aryl methyl sites for hydroxylation is 1. The first-order valence-corrected chi connectivity index (χ1v) is 11.6. The molecule has 2 aromatic carbocycles. The van der Waals surface area contributed by atoms with E-state index in [4.69, 9.17) is 9.47 Å². The number of nitrogens with zero attached hydrogens (tertiary/aromatic N) is 4. The molecule has 3 aromatic rings. The first-order valence-electron chi connectivity index (χ1n) is 11.6. The number of ether oxygens (including phenoxy) is 2. The topological polar surface area (TPSA) is 98.6 Å². The second-order valence-corrected chi connectivity index (χ2v) is 8.51. The molecule has 2 amide bonds. The minimum atomic E-state index is -0.802. The van der Waals surface area contributed by atoms with Crippen LogP contribution in [0.4, 0.5) is 0 Å². The highest BCUT2D eigenvalue weighted by atomic mass is 16.5. The summed E-state index contributed by atoms with van der Waals surface area (Å²) in [6.07, 6.45) is 1.67. The van der Waals surface area contributed by atoms with Crippen LogP contribution in [0.3, 0.4) is 0 Å². The van der Waals surface area contributed by atoms with Crippen molar-refractivity contribution in [3.8, 4) is 0 Å². The number of amides is 2. The van der Waals surface area contributed by atoms with Crippen LogP contribution in [0.15, 0.2) is 48.5 Å². The van der Waals surface area contributed by atoms with Crippen LogP contribution in [0, 0.1) is 6.92 Å². The molecule has 0 saturated carbocycles. The number of benzene rings is 2. The summed E-state index contributed by atoms with van der Waals surface area (Å²) < 4.78 is 12.5. The third-order valence-corrected chi connectivity index (χ3v) is 6.01. The lowest BCUT2D eigenvalue weighted by molar-refractivity contribution is -0.143. The van der Waals surface area contributed by atoms with E-state index < -0.39 is 6.04 Å². The Kier molecular flexibility index (Phi) is 7.87. The lowest BCUT2D eigenvalue weighted by Crippen LogP contribution is -2.48. The summed E-state index contributed by atoms with van der Waals surface area (Å²) in [7, 11) is 1.58. The maximum atomic E-state index is 13.7. The lowest BCUT2D eigenvalue weighted by Gasteiger charge is -2.33. The van der Waals surface area contributed by atoms with E-state index in [-0.39, 0.29) is 24.5 Å². The molecule has 0 bridgehead atoms. The summed E-state index contributed by atoms with van der Waals surface area (Å²) in [5.41, 5.74) is 3.31. The Morgan fingerprint density at radius 3 is 2.76 bits per heavy atom. The second-order valence-electron chi connectivity index (χ2n) is 8.51. The van der Waals surface area contributed by atoms with Crippen LogP contribution in [0.5, 0.6) is 0 Å². The smallest absolute Gasteiger partial charge is 0.247 e. The standard InChI is InChI=1S/C25H31N5O4/c1-18-9-11-19(12-10-18)24(25(32)26-13-15-33-2)29(16-20-6-5-14-34-20)23(31)17-30-22-8-4-3-7-21(22)27-28-30/h3-4,7-12,20,24H,5-6,13-17H2,1-2H3,(H,26,32). The fraction of sp³-hybridized carbons (Fsp3) is 0.440. The second kappa shape index (κ2) is 11.2. The molecule has 0 aliphatic carbocycles. The molecule has 9 heteroatoms. The van der Waals surface area contributed by atoms with Crippen molar-refractivity contribution >= 4 is 22.8 Å². The van der Waals surface area contributed by atoms with Crippen LogP contribution < -0.4 is 5.32 Å². The third-order valence-electron chi connectivity index (χ3n) is 6.01. The van der Waals surface area contributed by atoms with Crippen molar-refractivity contribution in [3.63, 3.8) is 0 Å². The van der Waals surface area contributed by atoms with Gasteiger partial charge in [0.1, 0.15) is 18.1 Å². The normalized spacial score (nSPS) is 16.5. The van der Waals surface area contributed by atoms with Gasteiger partial charge in [0, 0.05) is 26.8 Å². The molecular weight excluding hydrogens is 434 g/mol. The van der Waals surface area contributed by atoms with Gasteiger partial charge in [-0.15, -0.1) is 5.10 Å². The summed E-state index contributed by atoms with van der Waals surface area (Å²) in [5, 5.41) is 11.2. The Morgan fingerprint density at radius 2 is 2.03 bits per heavy atom. The molecular formula is C25H31N5O4. The molecule has 1 saturated heterocycles. The van der Waals surface area contributed by atoms with Gasteiger partial charge in [0.2, 0.25) is 11.8 Å². The molecule has 34 heavy (non-hydrogen) atoms. The monoisotopic (exact) mass is 465 g/mol. The molecule has 0 spiro atoms. The fourth-order valence-corrected chi connectivity index (χ4v) is 4.21. The van der Waals surface area contributed by atoms with Crippen LogP contribution >= 0.6 is 0 Å². The van der Waals surface area contributed by atoms with Crippen LogP contribution in [-0.4, -0.2) is 71.2 Å². The molecule has 2 unspecified atom stereocenters. The van der Waals surface area contributed by atoms with E-state index in [1.165, 1.54) is 0 Å². The Bertz CT molecular complexity index is 1110. The highest BCUT2D eigenvalue weighted by molar-refractivity contribution is 5.89. The highest BCUT2D eigenvalue weighted by Crippen LogP contribution is 2.26. The van der Waals surface area contributed by atoms with Gasteiger partial charge in [-0.2, -0.15) is 0 Å². The van der Waals surface area contributed by atoms with Gasteiger partial charge in [0.25, 0.3) is 0 Å².